The minimum absolute atomic E-state index is 0.176. The summed E-state index contributed by atoms with van der Waals surface area (Å²) in [6, 6.07) is 8.60. The van der Waals surface area contributed by atoms with Gasteiger partial charge in [0.2, 0.25) is 0 Å². The molecule has 7 heteroatoms. The Hall–Kier alpha value is -3.61. The zero-order valence-corrected chi connectivity index (χ0v) is 17.3. The molecule has 0 fully saturated rings. The van der Waals surface area contributed by atoms with Gasteiger partial charge in [0.15, 0.2) is 5.78 Å². The standard InChI is InChI=1S/C19H12N2O5.C4H10/c1-20-16(23)11-5-3-9(7-13(11)18(20)25)15(22)10-4-6-12-14(8-10)19(26)21(2)17(12)24;1-3-4-2/h3-8H,1-2H3;3-4H2,1-2H3. The van der Waals surface area contributed by atoms with E-state index in [0.717, 1.165) is 9.80 Å². The van der Waals surface area contributed by atoms with Crippen LogP contribution in [0.5, 0.6) is 0 Å². The molecule has 2 aliphatic heterocycles. The maximum Gasteiger partial charge on any atom is 0.261 e. The Morgan fingerprint density at radius 3 is 1.30 bits per heavy atom. The van der Waals surface area contributed by atoms with Crippen molar-refractivity contribution in [2.45, 2.75) is 26.7 Å². The Labute approximate surface area is 174 Å². The van der Waals surface area contributed by atoms with Crippen LogP contribution < -0.4 is 0 Å². The maximum atomic E-state index is 12.8. The molecule has 0 saturated carbocycles. The second-order valence-corrected chi connectivity index (χ2v) is 7.19. The van der Waals surface area contributed by atoms with Crippen molar-refractivity contribution in [3.05, 3.63) is 69.8 Å². The van der Waals surface area contributed by atoms with E-state index in [1.54, 1.807) is 0 Å². The highest BCUT2D eigenvalue weighted by Crippen LogP contribution is 2.26. The fourth-order valence-electron chi connectivity index (χ4n) is 3.17. The molecule has 0 atom stereocenters. The lowest BCUT2D eigenvalue weighted by Crippen LogP contribution is -2.24. The summed E-state index contributed by atoms with van der Waals surface area (Å²) in [6.07, 6.45) is 2.64. The number of carbonyl (C=O) groups excluding carboxylic acids is 5. The van der Waals surface area contributed by atoms with Gasteiger partial charge in [0.25, 0.3) is 23.6 Å². The second-order valence-electron chi connectivity index (χ2n) is 7.19. The van der Waals surface area contributed by atoms with Crippen molar-refractivity contribution in [2.75, 3.05) is 14.1 Å². The van der Waals surface area contributed by atoms with E-state index in [4.69, 9.17) is 0 Å². The third kappa shape index (κ3) is 3.32. The number of imide groups is 2. The lowest BCUT2D eigenvalue weighted by Gasteiger charge is -2.04. The number of hydrogen-bond acceptors (Lipinski definition) is 5. The van der Waals surface area contributed by atoms with Gasteiger partial charge < -0.3 is 0 Å². The first-order chi connectivity index (χ1) is 14.2. The van der Waals surface area contributed by atoms with Crippen LogP contribution in [0, 0.1) is 0 Å². The van der Waals surface area contributed by atoms with Crippen LogP contribution in [0.3, 0.4) is 0 Å². The van der Waals surface area contributed by atoms with Crippen LogP contribution in [0.2, 0.25) is 0 Å². The summed E-state index contributed by atoms with van der Waals surface area (Å²) >= 11 is 0. The first kappa shape index (κ1) is 21.1. The van der Waals surface area contributed by atoms with Gasteiger partial charge >= 0.3 is 0 Å². The number of hydrogen-bond donors (Lipinski definition) is 0. The van der Waals surface area contributed by atoms with Crippen LogP contribution >= 0.6 is 0 Å². The van der Waals surface area contributed by atoms with Gasteiger partial charge in [-0.05, 0) is 24.3 Å². The summed E-state index contributed by atoms with van der Waals surface area (Å²) in [4.78, 5) is 62.8. The molecule has 0 saturated heterocycles. The summed E-state index contributed by atoms with van der Waals surface area (Å²) in [5.41, 5.74) is 1.32. The van der Waals surface area contributed by atoms with Gasteiger partial charge in [-0.3, -0.25) is 33.8 Å². The molecule has 0 radical (unpaired) electrons. The third-order valence-corrected chi connectivity index (χ3v) is 5.20. The van der Waals surface area contributed by atoms with Crippen LogP contribution in [0.15, 0.2) is 36.4 Å². The van der Waals surface area contributed by atoms with Crippen molar-refractivity contribution in [1.29, 1.82) is 0 Å². The van der Waals surface area contributed by atoms with Crippen LogP contribution in [0.1, 0.15) is 84.0 Å². The molecule has 0 unspecified atom stereocenters. The van der Waals surface area contributed by atoms with Gasteiger partial charge in [0.05, 0.1) is 22.3 Å². The minimum atomic E-state index is -0.462. The summed E-state index contributed by atoms with van der Waals surface area (Å²) in [5, 5.41) is 0. The number of unbranched alkanes of at least 4 members (excludes halogenated alkanes) is 1. The summed E-state index contributed by atoms with van der Waals surface area (Å²) < 4.78 is 0. The maximum absolute atomic E-state index is 12.8. The molecular weight excluding hydrogens is 384 g/mol. The Bertz CT molecular complexity index is 1020. The molecule has 2 aromatic rings. The smallest absolute Gasteiger partial charge is 0.261 e. The van der Waals surface area contributed by atoms with E-state index in [-0.39, 0.29) is 33.4 Å². The predicted molar refractivity (Wildman–Crippen MR) is 110 cm³/mol. The lowest BCUT2D eigenvalue weighted by molar-refractivity contribution is 0.0678. The zero-order chi connectivity index (χ0) is 22.2. The molecule has 4 amide bonds. The molecule has 0 N–H and O–H groups in total. The highest BCUT2D eigenvalue weighted by atomic mass is 16.2. The lowest BCUT2D eigenvalue weighted by atomic mass is 9.96. The average molecular weight is 406 g/mol. The van der Waals surface area contributed by atoms with E-state index in [1.165, 1.54) is 63.3 Å². The molecule has 4 rings (SSSR count). The third-order valence-electron chi connectivity index (χ3n) is 5.20. The number of carbonyl (C=O) groups is 5. The predicted octanol–water partition coefficient (Wildman–Crippen LogP) is 3.18. The van der Waals surface area contributed by atoms with Crippen LogP contribution in [0.4, 0.5) is 0 Å². The molecule has 30 heavy (non-hydrogen) atoms. The molecule has 0 aliphatic carbocycles. The second kappa shape index (κ2) is 8.02. The van der Waals surface area contributed by atoms with Crippen molar-refractivity contribution < 1.29 is 24.0 Å². The van der Waals surface area contributed by atoms with E-state index in [9.17, 15) is 24.0 Å². The number of fused-ring (bicyclic) bond motifs is 2. The van der Waals surface area contributed by atoms with Crippen molar-refractivity contribution >= 4 is 29.4 Å². The van der Waals surface area contributed by atoms with Gasteiger partial charge in [0, 0.05) is 25.2 Å². The topological polar surface area (TPSA) is 91.8 Å². The quantitative estimate of drug-likeness (QED) is 0.577. The van der Waals surface area contributed by atoms with Crippen molar-refractivity contribution in [2.24, 2.45) is 0 Å². The van der Waals surface area contributed by atoms with E-state index in [2.05, 4.69) is 13.8 Å². The van der Waals surface area contributed by atoms with Crippen molar-refractivity contribution in [1.82, 2.24) is 9.80 Å². The molecule has 0 aromatic heterocycles. The number of amides is 4. The van der Waals surface area contributed by atoms with Gasteiger partial charge in [0.1, 0.15) is 0 Å². The summed E-state index contributed by atoms with van der Waals surface area (Å²) in [7, 11) is 2.76. The SMILES string of the molecule is CCCC.CN1C(=O)c2ccc(C(=O)c3ccc4c(c3)C(=O)N(C)C4=O)cc2C1=O. The Morgan fingerprint density at radius 2 is 0.967 bits per heavy atom. The number of rotatable bonds is 3. The van der Waals surface area contributed by atoms with Gasteiger partial charge in [-0.15, -0.1) is 0 Å². The monoisotopic (exact) mass is 406 g/mol. The molecule has 2 aromatic carbocycles. The normalized spacial score (nSPS) is 14.5. The Balaban J connectivity index is 0.000000589. The van der Waals surface area contributed by atoms with Crippen LogP contribution in [-0.4, -0.2) is 53.3 Å². The molecular formula is C23H22N2O5. The zero-order valence-electron chi connectivity index (χ0n) is 17.3. The van der Waals surface area contributed by atoms with Gasteiger partial charge in [-0.25, -0.2) is 0 Å². The van der Waals surface area contributed by atoms with Gasteiger partial charge in [-0.1, -0.05) is 38.8 Å². The molecule has 0 bridgehead atoms. The molecule has 2 aliphatic rings. The largest absolute Gasteiger partial charge is 0.289 e. The number of ketones is 1. The van der Waals surface area contributed by atoms with E-state index < -0.39 is 29.4 Å². The Morgan fingerprint density at radius 1 is 0.633 bits per heavy atom. The van der Waals surface area contributed by atoms with Crippen LogP contribution in [-0.2, 0) is 0 Å². The van der Waals surface area contributed by atoms with Crippen LogP contribution in [0.25, 0.3) is 0 Å². The number of benzene rings is 2. The summed E-state index contributed by atoms with van der Waals surface area (Å²) in [6.45, 7) is 4.36. The van der Waals surface area contributed by atoms with Crippen molar-refractivity contribution in [3.63, 3.8) is 0 Å². The minimum Gasteiger partial charge on any atom is -0.289 e. The Kier molecular flexibility index (Phi) is 5.64. The molecule has 0 spiro atoms. The fraction of sp³-hybridized carbons (Fsp3) is 0.261. The van der Waals surface area contributed by atoms with Crippen molar-refractivity contribution in [3.8, 4) is 0 Å². The highest BCUT2D eigenvalue weighted by molar-refractivity contribution is 6.24. The molecule has 154 valence electrons. The number of nitrogens with zero attached hydrogens (tertiary/aromatic N) is 2. The molecule has 7 nitrogen and oxygen atoms in total. The van der Waals surface area contributed by atoms with E-state index in [0.29, 0.717) is 0 Å². The van der Waals surface area contributed by atoms with Gasteiger partial charge in [-0.2, -0.15) is 0 Å². The first-order valence-corrected chi connectivity index (χ1v) is 9.70. The summed E-state index contributed by atoms with van der Waals surface area (Å²) in [5.74, 6) is -2.14. The average Bonchev–Trinajstić information content (AvgIpc) is 3.12. The van der Waals surface area contributed by atoms with E-state index >= 15 is 0 Å². The molecule has 2 heterocycles. The fourth-order valence-corrected chi connectivity index (χ4v) is 3.17. The highest BCUT2D eigenvalue weighted by Gasteiger charge is 2.35. The first-order valence-electron chi connectivity index (χ1n) is 9.70. The van der Waals surface area contributed by atoms with E-state index in [1.807, 2.05) is 0 Å².